The number of nitrogens with zero attached hydrogens (tertiary/aromatic N) is 2. The van der Waals surface area contributed by atoms with E-state index >= 15 is 0 Å². The number of anilines is 1. The SMILES string of the molecule is CNc1ccc(C2(O)CCN(C)CC2)nc1. The van der Waals surface area contributed by atoms with Gasteiger partial charge >= 0.3 is 0 Å². The Balaban J connectivity index is 2.16. The number of nitrogens with one attached hydrogen (secondary N) is 1. The van der Waals surface area contributed by atoms with E-state index in [0.29, 0.717) is 0 Å². The topological polar surface area (TPSA) is 48.4 Å². The lowest BCUT2D eigenvalue weighted by Crippen LogP contribution is -2.41. The van der Waals surface area contributed by atoms with Gasteiger partial charge in [-0.25, -0.2) is 0 Å². The molecule has 16 heavy (non-hydrogen) atoms. The van der Waals surface area contributed by atoms with Gasteiger partial charge in [0.15, 0.2) is 0 Å². The smallest absolute Gasteiger partial charge is 0.109 e. The number of rotatable bonds is 2. The predicted molar refractivity (Wildman–Crippen MR) is 64.4 cm³/mol. The average molecular weight is 221 g/mol. The molecule has 2 rings (SSSR count). The summed E-state index contributed by atoms with van der Waals surface area (Å²) in [4.78, 5) is 6.57. The maximum atomic E-state index is 10.5. The number of aliphatic hydroxyl groups is 1. The van der Waals surface area contributed by atoms with Gasteiger partial charge in [0.05, 0.1) is 17.6 Å². The third kappa shape index (κ3) is 2.18. The van der Waals surface area contributed by atoms with Crippen LogP contribution in [0.25, 0.3) is 0 Å². The van der Waals surface area contributed by atoms with Crippen molar-refractivity contribution in [3.8, 4) is 0 Å². The summed E-state index contributed by atoms with van der Waals surface area (Å²) in [6, 6.07) is 3.87. The van der Waals surface area contributed by atoms with E-state index in [1.807, 2.05) is 19.2 Å². The zero-order valence-electron chi connectivity index (χ0n) is 9.90. The summed E-state index contributed by atoms with van der Waals surface area (Å²) in [5.41, 5.74) is 1.03. The number of pyridine rings is 1. The molecule has 0 radical (unpaired) electrons. The fourth-order valence-electron chi connectivity index (χ4n) is 2.06. The van der Waals surface area contributed by atoms with E-state index in [0.717, 1.165) is 37.3 Å². The molecule has 4 heteroatoms. The van der Waals surface area contributed by atoms with Crippen molar-refractivity contribution in [1.29, 1.82) is 0 Å². The Morgan fingerprint density at radius 3 is 2.56 bits per heavy atom. The Hall–Kier alpha value is -1.13. The molecule has 88 valence electrons. The van der Waals surface area contributed by atoms with Crippen LogP contribution in [-0.4, -0.2) is 42.2 Å². The van der Waals surface area contributed by atoms with E-state index < -0.39 is 5.60 Å². The maximum absolute atomic E-state index is 10.5. The molecule has 0 spiro atoms. The van der Waals surface area contributed by atoms with Crippen molar-refractivity contribution in [2.24, 2.45) is 0 Å². The molecule has 0 unspecified atom stereocenters. The second-order valence-electron chi connectivity index (χ2n) is 4.52. The molecule has 2 heterocycles. The van der Waals surface area contributed by atoms with Crippen LogP contribution >= 0.6 is 0 Å². The van der Waals surface area contributed by atoms with E-state index in [4.69, 9.17) is 0 Å². The maximum Gasteiger partial charge on any atom is 0.109 e. The van der Waals surface area contributed by atoms with Gasteiger partial charge in [-0.15, -0.1) is 0 Å². The third-order valence-corrected chi connectivity index (χ3v) is 3.34. The molecule has 0 aromatic carbocycles. The molecule has 1 fully saturated rings. The highest BCUT2D eigenvalue weighted by Gasteiger charge is 2.33. The number of aromatic nitrogens is 1. The first-order valence-electron chi connectivity index (χ1n) is 5.69. The van der Waals surface area contributed by atoms with Crippen molar-refractivity contribution in [3.05, 3.63) is 24.0 Å². The Kier molecular flexibility index (Phi) is 3.12. The Morgan fingerprint density at radius 1 is 1.38 bits per heavy atom. The zero-order valence-corrected chi connectivity index (χ0v) is 9.90. The van der Waals surface area contributed by atoms with Crippen LogP contribution in [0.4, 0.5) is 5.69 Å². The highest BCUT2D eigenvalue weighted by atomic mass is 16.3. The number of likely N-dealkylation sites (tertiary alicyclic amines) is 1. The van der Waals surface area contributed by atoms with Crippen molar-refractivity contribution in [3.63, 3.8) is 0 Å². The largest absolute Gasteiger partial charge is 0.387 e. The second-order valence-corrected chi connectivity index (χ2v) is 4.52. The minimum atomic E-state index is -0.737. The van der Waals surface area contributed by atoms with Crippen molar-refractivity contribution < 1.29 is 5.11 Å². The van der Waals surface area contributed by atoms with E-state index in [1.54, 1.807) is 6.20 Å². The normalized spacial score (nSPS) is 20.7. The van der Waals surface area contributed by atoms with Crippen molar-refractivity contribution in [2.45, 2.75) is 18.4 Å². The summed E-state index contributed by atoms with van der Waals surface area (Å²) in [7, 11) is 3.94. The molecule has 0 aliphatic carbocycles. The summed E-state index contributed by atoms with van der Waals surface area (Å²) in [5, 5.41) is 13.5. The summed E-state index contributed by atoms with van der Waals surface area (Å²) >= 11 is 0. The molecule has 1 aromatic heterocycles. The highest BCUT2D eigenvalue weighted by Crippen LogP contribution is 2.31. The minimum Gasteiger partial charge on any atom is -0.387 e. The van der Waals surface area contributed by atoms with Gasteiger partial charge in [-0.3, -0.25) is 4.98 Å². The minimum absolute atomic E-state index is 0.737. The first kappa shape index (κ1) is 11.4. The summed E-state index contributed by atoms with van der Waals surface area (Å²) in [6.45, 7) is 1.85. The molecule has 0 saturated carbocycles. The summed E-state index contributed by atoms with van der Waals surface area (Å²) < 4.78 is 0. The van der Waals surface area contributed by atoms with E-state index in [1.165, 1.54) is 0 Å². The molecular formula is C12H19N3O. The van der Waals surface area contributed by atoms with E-state index in [2.05, 4.69) is 22.2 Å². The Labute approximate surface area is 96.3 Å². The molecule has 0 amide bonds. The molecule has 0 atom stereocenters. The molecule has 0 bridgehead atoms. The second kappa shape index (κ2) is 4.39. The van der Waals surface area contributed by atoms with Gasteiger partial charge < -0.3 is 15.3 Å². The highest BCUT2D eigenvalue weighted by molar-refractivity contribution is 5.40. The van der Waals surface area contributed by atoms with Gasteiger partial charge in [-0.1, -0.05) is 0 Å². The Bertz CT molecular complexity index is 342. The molecule has 4 nitrogen and oxygen atoms in total. The molecule has 1 aliphatic heterocycles. The summed E-state index contributed by atoms with van der Waals surface area (Å²) in [5.74, 6) is 0. The third-order valence-electron chi connectivity index (χ3n) is 3.34. The lowest BCUT2D eigenvalue weighted by Gasteiger charge is -2.36. The van der Waals surface area contributed by atoms with Gasteiger partial charge in [0.1, 0.15) is 5.60 Å². The van der Waals surface area contributed by atoms with Gasteiger partial charge in [-0.2, -0.15) is 0 Å². The number of hydrogen-bond donors (Lipinski definition) is 2. The Morgan fingerprint density at radius 2 is 2.06 bits per heavy atom. The predicted octanol–water partition coefficient (Wildman–Crippen LogP) is 1.04. The van der Waals surface area contributed by atoms with Gasteiger partial charge in [0.2, 0.25) is 0 Å². The van der Waals surface area contributed by atoms with Crippen LogP contribution in [0.15, 0.2) is 18.3 Å². The van der Waals surface area contributed by atoms with Gasteiger partial charge in [-0.05, 0) is 32.0 Å². The van der Waals surface area contributed by atoms with Crippen LogP contribution in [0.5, 0.6) is 0 Å². The van der Waals surface area contributed by atoms with Gasteiger partial charge in [0.25, 0.3) is 0 Å². The molecule has 1 aromatic rings. The van der Waals surface area contributed by atoms with Crippen LogP contribution in [0.3, 0.4) is 0 Å². The number of piperidine rings is 1. The van der Waals surface area contributed by atoms with Crippen LogP contribution < -0.4 is 5.32 Å². The van der Waals surface area contributed by atoms with Crippen LogP contribution in [0, 0.1) is 0 Å². The first-order chi connectivity index (χ1) is 7.64. The molecule has 1 saturated heterocycles. The van der Waals surface area contributed by atoms with Crippen LogP contribution in [-0.2, 0) is 5.60 Å². The van der Waals surface area contributed by atoms with Gasteiger partial charge in [0, 0.05) is 20.1 Å². The monoisotopic (exact) mass is 221 g/mol. The van der Waals surface area contributed by atoms with Crippen LogP contribution in [0.1, 0.15) is 18.5 Å². The first-order valence-corrected chi connectivity index (χ1v) is 5.69. The molecule has 2 N–H and O–H groups in total. The zero-order chi connectivity index (χ0) is 11.6. The lowest BCUT2D eigenvalue weighted by atomic mass is 9.88. The average Bonchev–Trinajstić information content (AvgIpc) is 2.33. The fraction of sp³-hybridized carbons (Fsp3) is 0.583. The quantitative estimate of drug-likeness (QED) is 0.783. The summed E-state index contributed by atoms with van der Waals surface area (Å²) in [6.07, 6.45) is 3.29. The fourth-order valence-corrected chi connectivity index (χ4v) is 2.06. The molecule has 1 aliphatic rings. The van der Waals surface area contributed by atoms with Crippen molar-refractivity contribution in [2.75, 3.05) is 32.5 Å². The van der Waals surface area contributed by atoms with Crippen molar-refractivity contribution >= 4 is 5.69 Å². The standard InChI is InChI=1S/C12H19N3O/c1-13-10-3-4-11(14-9-10)12(16)5-7-15(2)8-6-12/h3-4,9,13,16H,5-8H2,1-2H3. The van der Waals surface area contributed by atoms with Crippen molar-refractivity contribution in [1.82, 2.24) is 9.88 Å². The van der Waals surface area contributed by atoms with E-state index in [-0.39, 0.29) is 0 Å². The lowest BCUT2D eigenvalue weighted by molar-refractivity contribution is -0.0238. The van der Waals surface area contributed by atoms with E-state index in [9.17, 15) is 5.11 Å². The molecular weight excluding hydrogens is 202 g/mol. The number of hydrogen-bond acceptors (Lipinski definition) is 4. The van der Waals surface area contributed by atoms with Crippen LogP contribution in [0.2, 0.25) is 0 Å².